The summed E-state index contributed by atoms with van der Waals surface area (Å²) < 4.78 is 149. The molecule has 1 amide bonds. The number of benzene rings is 3. The van der Waals surface area contributed by atoms with Gasteiger partial charge in [0.1, 0.15) is 5.82 Å². The van der Waals surface area contributed by atoms with Gasteiger partial charge in [-0.25, -0.2) is 4.39 Å². The Hall–Kier alpha value is -4.27. The number of nitrogens with one attached hydrogen (secondary N) is 1. The van der Waals surface area contributed by atoms with E-state index < -0.39 is 180 Å². The van der Waals surface area contributed by atoms with Gasteiger partial charge in [0, 0.05) is 26.2 Å². The maximum atomic E-state index is 15.0. The minimum absolute atomic E-state index is 0.175. The largest absolute Gasteiger partial charge is 0.481 e. The van der Waals surface area contributed by atoms with Gasteiger partial charge in [0.25, 0.3) is 5.91 Å². The predicted octanol–water partition coefficient (Wildman–Crippen LogP) is 6.31. The van der Waals surface area contributed by atoms with Crippen molar-refractivity contribution in [3.05, 3.63) is 102 Å². The molecule has 0 aliphatic carbocycles. The Kier molecular flexibility index (Phi) is 4.93. The summed E-state index contributed by atoms with van der Waals surface area (Å²) in [7, 11) is 0. The smallest absolute Gasteiger partial charge is 0.305 e. The van der Waals surface area contributed by atoms with Crippen LogP contribution in [0.15, 0.2) is 84.6 Å². The standard InChI is InChI=1S/C33H35FN2O5/c1-21(2)31-30(33(41)35-25-11-7-4-8-12-25)29(22-9-5-3-6-10-22)32(23-13-15-24(34)16-14-23)36(31)18-17-26(37)19-27(38)20-28(39)40/h3-16,21,26-27,37-38H,17-20H2,1-2H3,(H,35,41)(H,39,40)/t26-,27-/m0/s1/i3D,4D,5D,6D,7D,8D,9D,10D,11D,12D,13D,14D,15D,16D,20D2. The predicted molar refractivity (Wildman–Crippen MR) is 157 cm³/mol. The lowest BCUT2D eigenvalue weighted by Gasteiger charge is -2.20. The molecule has 1 heterocycles. The quantitative estimate of drug-likeness (QED) is 0.158. The summed E-state index contributed by atoms with van der Waals surface area (Å²) in [6.45, 7) is 2.41. The number of carboxylic acids is 1. The number of halogens is 1. The Morgan fingerprint density at radius 3 is 2.12 bits per heavy atom. The number of para-hydroxylation sites is 1. The van der Waals surface area contributed by atoms with Gasteiger partial charge in [0.2, 0.25) is 0 Å². The zero-order valence-electron chi connectivity index (χ0n) is 37.8. The highest BCUT2D eigenvalue weighted by Gasteiger charge is 2.31. The number of aliphatic hydroxyl groups is 2. The minimum Gasteiger partial charge on any atom is -0.481 e. The van der Waals surface area contributed by atoms with Gasteiger partial charge in [-0.15, -0.1) is 0 Å². The summed E-state index contributed by atoms with van der Waals surface area (Å²) in [5.74, 6) is -5.84. The third-order valence-corrected chi connectivity index (χ3v) is 5.87. The first kappa shape index (κ1) is 15.1. The number of anilines is 1. The first-order chi connectivity index (χ1) is 26.2. The molecule has 4 rings (SSSR count). The number of aliphatic carboxylic acids is 1. The highest BCUT2D eigenvalue weighted by molar-refractivity contribution is 6.12. The van der Waals surface area contributed by atoms with E-state index in [2.05, 4.69) is 5.32 Å². The molecule has 1 aromatic heterocycles. The second-order valence-corrected chi connectivity index (χ2v) is 9.08. The van der Waals surface area contributed by atoms with E-state index in [0.29, 0.717) is 0 Å². The van der Waals surface area contributed by atoms with Gasteiger partial charge in [-0.05, 0) is 66.1 Å². The van der Waals surface area contributed by atoms with Crippen molar-refractivity contribution in [1.29, 1.82) is 0 Å². The SMILES string of the molecule is [2H]c1c([2H])c([2H])c(NC(=O)c2c(-c3c([2H])c([2H])c([2H])c([2H])c3[2H])c(-c3c([2H])c([2H])c(F)c([2H])c3[2H])n(CC[C@H](O)C[C@H](O)C([2H])([2H])C(=O)O)c2C(C)C)c([2H])c1[2H]. The zero-order valence-corrected chi connectivity index (χ0v) is 21.8. The minimum atomic E-state index is -3.21. The lowest BCUT2D eigenvalue weighted by molar-refractivity contribution is -0.139. The summed E-state index contributed by atoms with van der Waals surface area (Å²) in [6, 6.07) is -13.4. The molecule has 0 bridgehead atoms. The summed E-state index contributed by atoms with van der Waals surface area (Å²) in [5.41, 5.74) is -4.26. The number of carbonyl (C=O) groups is 2. The van der Waals surface area contributed by atoms with E-state index in [9.17, 15) is 24.9 Å². The van der Waals surface area contributed by atoms with E-state index in [1.54, 1.807) is 0 Å². The van der Waals surface area contributed by atoms with E-state index in [0.717, 1.165) is 4.57 Å². The van der Waals surface area contributed by atoms with Crippen molar-refractivity contribution in [2.75, 3.05) is 5.32 Å². The van der Waals surface area contributed by atoms with E-state index in [-0.39, 0.29) is 5.69 Å². The summed E-state index contributed by atoms with van der Waals surface area (Å²) in [5, 5.41) is 32.8. The fraction of sp³-hybridized carbons (Fsp3) is 0.273. The molecule has 3 aromatic carbocycles. The Morgan fingerprint density at radius 2 is 1.54 bits per heavy atom. The van der Waals surface area contributed by atoms with E-state index in [4.69, 9.17) is 21.9 Å². The Labute approximate surface area is 261 Å². The molecule has 0 fully saturated rings. The number of aromatic nitrogens is 1. The Bertz CT molecular complexity index is 2250. The highest BCUT2D eigenvalue weighted by Crippen LogP contribution is 2.42. The third kappa shape index (κ3) is 7.28. The molecule has 0 radical (unpaired) electrons. The van der Waals surface area contributed by atoms with Crippen LogP contribution in [0.3, 0.4) is 0 Å². The van der Waals surface area contributed by atoms with Crippen LogP contribution in [0.2, 0.25) is 0 Å². The van der Waals surface area contributed by atoms with Crippen molar-refractivity contribution < 1.29 is 51.2 Å². The third-order valence-electron chi connectivity index (χ3n) is 5.87. The number of rotatable bonds is 12. The summed E-state index contributed by atoms with van der Waals surface area (Å²) in [4.78, 5) is 26.1. The van der Waals surface area contributed by atoms with Gasteiger partial charge in [0.15, 0.2) is 0 Å². The zero-order chi connectivity index (χ0) is 43.5. The molecule has 0 saturated heterocycles. The van der Waals surface area contributed by atoms with Crippen LogP contribution in [0.1, 0.15) is 77.0 Å². The van der Waals surface area contributed by atoms with Gasteiger partial charge in [-0.1, -0.05) is 62.2 Å². The van der Waals surface area contributed by atoms with Gasteiger partial charge in [0.05, 0.1) is 49.0 Å². The molecule has 0 aliphatic heterocycles. The molecule has 0 spiro atoms. The van der Waals surface area contributed by atoms with Gasteiger partial charge < -0.3 is 25.2 Å². The molecule has 0 aliphatic rings. The normalized spacial score (nSPS) is 18.6. The summed E-state index contributed by atoms with van der Waals surface area (Å²) >= 11 is 0. The van der Waals surface area contributed by atoms with Gasteiger partial charge >= 0.3 is 5.97 Å². The lowest BCUT2D eigenvalue weighted by Crippen LogP contribution is -2.22. The molecule has 4 aromatic rings. The van der Waals surface area contributed by atoms with Crippen LogP contribution in [0, 0.1) is 5.82 Å². The van der Waals surface area contributed by atoms with Gasteiger partial charge in [-0.3, -0.25) is 9.59 Å². The lowest BCUT2D eigenvalue weighted by atomic mass is 9.94. The van der Waals surface area contributed by atoms with Crippen LogP contribution < -0.4 is 5.32 Å². The van der Waals surface area contributed by atoms with Crippen molar-refractivity contribution in [2.24, 2.45) is 0 Å². The molecule has 4 N–H and O–H groups in total. The molecule has 7 nitrogen and oxygen atoms in total. The van der Waals surface area contributed by atoms with Crippen LogP contribution in [0.4, 0.5) is 10.1 Å². The summed E-state index contributed by atoms with van der Waals surface area (Å²) in [6.07, 6.45) is -8.61. The molecule has 214 valence electrons. The molecule has 0 unspecified atom stereocenters. The monoisotopic (exact) mass is 574 g/mol. The number of aliphatic hydroxyl groups excluding tert-OH is 2. The number of amides is 1. The average Bonchev–Trinajstić information content (AvgIpc) is 3.48. The fourth-order valence-electron chi connectivity index (χ4n) is 4.34. The van der Waals surface area contributed by atoms with Crippen LogP contribution in [0.5, 0.6) is 0 Å². The number of carbonyl (C=O) groups excluding carboxylic acids is 1. The fourth-order valence-corrected chi connectivity index (χ4v) is 4.34. The van der Waals surface area contributed by atoms with Crippen LogP contribution in [-0.4, -0.2) is 44.0 Å². The Balaban J connectivity index is 2.24. The van der Waals surface area contributed by atoms with Crippen LogP contribution in [-0.2, 0) is 11.3 Å². The second kappa shape index (κ2) is 13.4. The molecule has 0 saturated carbocycles. The maximum absolute atomic E-state index is 15.0. The first-order valence-corrected chi connectivity index (χ1v) is 12.3. The molecular weight excluding hydrogens is 523 g/mol. The van der Waals surface area contributed by atoms with E-state index >= 15 is 4.39 Å². The van der Waals surface area contributed by atoms with Crippen molar-refractivity contribution in [2.45, 2.75) is 57.7 Å². The topological polar surface area (TPSA) is 112 Å². The molecular formula is C33H35FN2O5. The number of carboxylic acid groups (broad SMARTS) is 1. The first-order valence-electron chi connectivity index (χ1n) is 20.3. The molecule has 41 heavy (non-hydrogen) atoms. The number of hydrogen-bond acceptors (Lipinski definition) is 4. The Morgan fingerprint density at radius 1 is 0.927 bits per heavy atom. The second-order valence-electron chi connectivity index (χ2n) is 9.08. The van der Waals surface area contributed by atoms with Crippen molar-refractivity contribution in [3.63, 3.8) is 0 Å². The van der Waals surface area contributed by atoms with E-state index in [1.165, 1.54) is 13.8 Å². The van der Waals surface area contributed by atoms with Crippen molar-refractivity contribution >= 4 is 17.6 Å². The van der Waals surface area contributed by atoms with E-state index in [1.807, 2.05) is 0 Å². The van der Waals surface area contributed by atoms with Crippen molar-refractivity contribution in [3.8, 4) is 22.4 Å². The van der Waals surface area contributed by atoms with Gasteiger partial charge in [-0.2, -0.15) is 0 Å². The molecule has 2 atom stereocenters. The number of nitrogens with zero attached hydrogens (tertiary/aromatic N) is 1. The van der Waals surface area contributed by atoms with Crippen LogP contribution >= 0.6 is 0 Å². The number of hydrogen-bond donors (Lipinski definition) is 4. The average molecular weight is 575 g/mol. The highest BCUT2D eigenvalue weighted by atomic mass is 19.1. The van der Waals surface area contributed by atoms with Crippen molar-refractivity contribution in [1.82, 2.24) is 4.57 Å². The maximum Gasteiger partial charge on any atom is 0.305 e. The molecule has 8 heteroatoms. The van der Waals surface area contributed by atoms with Crippen LogP contribution in [0.25, 0.3) is 22.4 Å².